The van der Waals surface area contributed by atoms with Crippen molar-refractivity contribution >= 4 is 29.5 Å². The molecule has 260 valence electrons. The fourth-order valence-electron chi connectivity index (χ4n) is 5.75. The van der Waals surface area contributed by atoms with Crippen molar-refractivity contribution in [2.24, 2.45) is 0 Å². The molecule has 0 radical (unpaired) electrons. The summed E-state index contributed by atoms with van der Waals surface area (Å²) in [5.74, 6) is -0.668. The lowest BCUT2D eigenvalue weighted by molar-refractivity contribution is -0.139. The zero-order chi connectivity index (χ0) is 35.1. The van der Waals surface area contributed by atoms with Gasteiger partial charge in [-0.1, -0.05) is 98.6 Å². The van der Waals surface area contributed by atoms with Crippen molar-refractivity contribution in [2.75, 3.05) is 13.3 Å². The number of aliphatic carboxylic acids is 1. The van der Waals surface area contributed by atoms with Crippen LogP contribution in [0.1, 0.15) is 76.2 Å². The second kappa shape index (κ2) is 18.7. The molecule has 1 aliphatic heterocycles. The summed E-state index contributed by atoms with van der Waals surface area (Å²) in [5.41, 5.74) is 6.05. The van der Waals surface area contributed by atoms with Gasteiger partial charge in [-0.25, -0.2) is 4.79 Å². The summed E-state index contributed by atoms with van der Waals surface area (Å²) in [6.07, 6.45) is 7.75. The van der Waals surface area contributed by atoms with Crippen molar-refractivity contribution in [3.63, 3.8) is 0 Å². The highest BCUT2D eigenvalue weighted by Crippen LogP contribution is 2.39. The molecule has 0 saturated heterocycles. The number of ether oxygens (including phenoxy) is 1. The third-order valence-electron chi connectivity index (χ3n) is 8.58. The number of carboxylic acids is 1. The predicted octanol–water partition coefficient (Wildman–Crippen LogP) is 7.95. The standard InChI is InChI=1S/C41H45N3O5S/c1-2-3-5-8-32-11-13-33(14-12-32)27-42-40(48)35-18-20-36(21-19-35)41-43(25-26-50-41)30-44(38(45)24-17-31-9-6-4-7-10-31)28-34-15-22-37(23-16-34)49-29-39(46)47/h4,6-7,9-16,18-23,25-26,41H,2-3,5,8,17,24,27-30H2,1H3,(H,42,48)(H,46,47). The molecule has 2 N–H and O–H groups in total. The third-order valence-corrected chi connectivity index (χ3v) is 9.66. The normalized spacial score (nSPS) is 13.6. The average molecular weight is 692 g/mol. The van der Waals surface area contributed by atoms with Crippen LogP contribution in [0.15, 0.2) is 115 Å². The Morgan fingerprint density at radius 2 is 1.50 bits per heavy atom. The fraction of sp³-hybridized carbons (Fsp3) is 0.293. The minimum Gasteiger partial charge on any atom is -0.482 e. The second-order valence-corrected chi connectivity index (χ2v) is 13.4. The molecule has 0 bridgehead atoms. The van der Waals surface area contributed by atoms with E-state index in [2.05, 4.69) is 41.4 Å². The molecular weight excluding hydrogens is 647 g/mol. The molecule has 0 fully saturated rings. The molecule has 0 spiro atoms. The summed E-state index contributed by atoms with van der Waals surface area (Å²) >= 11 is 1.65. The number of unbranched alkanes of at least 4 members (excludes halogenated alkanes) is 2. The maximum absolute atomic E-state index is 13.7. The molecule has 8 nitrogen and oxygen atoms in total. The molecule has 1 atom stereocenters. The number of benzene rings is 4. The van der Waals surface area contributed by atoms with Crippen LogP contribution >= 0.6 is 11.8 Å². The highest BCUT2D eigenvalue weighted by molar-refractivity contribution is 8.02. The van der Waals surface area contributed by atoms with Crippen LogP contribution in [0.3, 0.4) is 0 Å². The van der Waals surface area contributed by atoms with E-state index in [0.29, 0.717) is 43.9 Å². The van der Waals surface area contributed by atoms with Gasteiger partial charge in [-0.15, -0.1) is 11.8 Å². The summed E-state index contributed by atoms with van der Waals surface area (Å²) < 4.78 is 5.28. The highest BCUT2D eigenvalue weighted by Gasteiger charge is 2.26. The molecule has 0 aliphatic carbocycles. The van der Waals surface area contributed by atoms with Gasteiger partial charge in [0.25, 0.3) is 5.91 Å². The van der Waals surface area contributed by atoms with Gasteiger partial charge in [-0.05, 0) is 76.8 Å². The van der Waals surface area contributed by atoms with Crippen LogP contribution in [0.4, 0.5) is 0 Å². The van der Waals surface area contributed by atoms with Crippen molar-refractivity contribution in [2.45, 2.75) is 63.9 Å². The molecule has 5 rings (SSSR count). The largest absolute Gasteiger partial charge is 0.482 e. The molecule has 1 unspecified atom stereocenters. The lowest BCUT2D eigenvalue weighted by atomic mass is 10.1. The SMILES string of the molecule is CCCCCc1ccc(CNC(=O)c2ccc(C3SC=CN3CN(Cc3ccc(OCC(=O)O)cc3)C(=O)CCc3ccccc3)cc2)cc1. The summed E-state index contributed by atoms with van der Waals surface area (Å²) in [6.45, 7) is 3.02. The first-order valence-corrected chi connectivity index (χ1v) is 18.1. The van der Waals surface area contributed by atoms with Crippen LogP contribution in [0.25, 0.3) is 0 Å². The smallest absolute Gasteiger partial charge is 0.341 e. The Hall–Kier alpha value is -5.02. The number of carbonyl (C=O) groups is 3. The first kappa shape index (κ1) is 36.3. The van der Waals surface area contributed by atoms with Crippen LogP contribution in [0.5, 0.6) is 5.75 Å². The van der Waals surface area contributed by atoms with E-state index in [1.54, 1.807) is 23.9 Å². The Balaban J connectivity index is 1.20. The Morgan fingerprint density at radius 1 is 0.820 bits per heavy atom. The number of nitrogens with one attached hydrogen (secondary N) is 1. The minimum atomic E-state index is -1.04. The number of aryl methyl sites for hydroxylation is 2. The van der Waals surface area contributed by atoms with E-state index in [9.17, 15) is 14.4 Å². The van der Waals surface area contributed by atoms with Crippen molar-refractivity contribution in [1.82, 2.24) is 15.1 Å². The van der Waals surface area contributed by atoms with Crippen molar-refractivity contribution < 1.29 is 24.2 Å². The zero-order valence-corrected chi connectivity index (χ0v) is 29.3. The molecule has 1 aliphatic rings. The van der Waals surface area contributed by atoms with Gasteiger partial charge >= 0.3 is 5.97 Å². The second-order valence-electron chi connectivity index (χ2n) is 12.4. The van der Waals surface area contributed by atoms with Gasteiger partial charge in [0.05, 0.1) is 6.67 Å². The number of rotatable bonds is 18. The summed E-state index contributed by atoms with van der Waals surface area (Å²) in [7, 11) is 0. The van der Waals surface area contributed by atoms with Crippen molar-refractivity contribution in [3.8, 4) is 5.75 Å². The van der Waals surface area contributed by atoms with Gasteiger partial charge in [-0.2, -0.15) is 0 Å². The number of carboxylic acid groups (broad SMARTS) is 1. The van der Waals surface area contributed by atoms with Crippen LogP contribution in [0.2, 0.25) is 0 Å². The molecule has 1 heterocycles. The number of hydrogen-bond donors (Lipinski definition) is 2. The van der Waals surface area contributed by atoms with E-state index in [-0.39, 0.29) is 17.2 Å². The summed E-state index contributed by atoms with van der Waals surface area (Å²) in [6, 6.07) is 33.3. The lowest BCUT2D eigenvalue weighted by Gasteiger charge is -2.32. The number of thioether (sulfide) groups is 1. The van der Waals surface area contributed by atoms with Crippen LogP contribution in [-0.4, -0.2) is 46.0 Å². The van der Waals surface area contributed by atoms with E-state index in [4.69, 9.17) is 9.84 Å². The molecular formula is C41H45N3O5S. The minimum absolute atomic E-state index is 0.0299. The molecule has 0 aromatic heterocycles. The predicted molar refractivity (Wildman–Crippen MR) is 198 cm³/mol. The molecule has 9 heteroatoms. The highest BCUT2D eigenvalue weighted by atomic mass is 32.2. The van der Waals surface area contributed by atoms with E-state index in [1.165, 1.54) is 24.8 Å². The summed E-state index contributed by atoms with van der Waals surface area (Å²) in [5, 5.41) is 13.9. The van der Waals surface area contributed by atoms with Gasteiger partial charge in [0.2, 0.25) is 5.91 Å². The maximum atomic E-state index is 13.7. The quantitative estimate of drug-likeness (QED) is 0.102. The number of carbonyl (C=O) groups excluding carboxylic acids is 2. The first-order valence-electron chi connectivity index (χ1n) is 17.2. The van der Waals surface area contributed by atoms with Gasteiger partial charge < -0.3 is 25.0 Å². The Morgan fingerprint density at radius 3 is 2.20 bits per heavy atom. The topological polar surface area (TPSA) is 99.2 Å². The van der Waals surface area contributed by atoms with Gasteiger partial charge in [0.1, 0.15) is 11.1 Å². The maximum Gasteiger partial charge on any atom is 0.341 e. The van der Waals surface area contributed by atoms with Crippen molar-refractivity contribution in [1.29, 1.82) is 0 Å². The van der Waals surface area contributed by atoms with Gasteiger partial charge in [0.15, 0.2) is 6.61 Å². The number of nitrogens with zero attached hydrogens (tertiary/aromatic N) is 2. The zero-order valence-electron chi connectivity index (χ0n) is 28.5. The van der Waals surface area contributed by atoms with E-state index >= 15 is 0 Å². The Bertz CT molecular complexity index is 1710. The molecule has 0 saturated carbocycles. The molecule has 4 aromatic carbocycles. The van der Waals surface area contributed by atoms with E-state index in [0.717, 1.165) is 28.7 Å². The first-order chi connectivity index (χ1) is 24.4. The Kier molecular flexibility index (Phi) is 13.5. The average Bonchev–Trinajstić information content (AvgIpc) is 3.61. The fourth-order valence-corrected chi connectivity index (χ4v) is 6.73. The van der Waals surface area contributed by atoms with Crippen LogP contribution in [-0.2, 0) is 35.5 Å². The van der Waals surface area contributed by atoms with Crippen LogP contribution in [0, 0.1) is 0 Å². The lowest BCUT2D eigenvalue weighted by Crippen LogP contribution is -2.39. The van der Waals surface area contributed by atoms with Gasteiger partial charge in [-0.3, -0.25) is 9.59 Å². The Labute approximate surface area is 299 Å². The molecule has 2 amide bonds. The van der Waals surface area contributed by atoms with Gasteiger partial charge in [0, 0.05) is 31.3 Å². The van der Waals surface area contributed by atoms with Crippen molar-refractivity contribution in [3.05, 3.63) is 148 Å². The number of amides is 2. The van der Waals surface area contributed by atoms with E-state index in [1.807, 2.05) is 83.2 Å². The third kappa shape index (κ3) is 11.0. The number of hydrogen-bond acceptors (Lipinski definition) is 6. The van der Waals surface area contributed by atoms with E-state index < -0.39 is 12.6 Å². The monoisotopic (exact) mass is 691 g/mol. The van der Waals surface area contributed by atoms with Crippen LogP contribution < -0.4 is 10.1 Å². The summed E-state index contributed by atoms with van der Waals surface area (Å²) in [4.78, 5) is 41.5. The molecule has 50 heavy (non-hydrogen) atoms. The molecule has 4 aromatic rings.